The van der Waals surface area contributed by atoms with Crippen LogP contribution in [0.15, 0.2) is 158 Å². The second-order valence-corrected chi connectivity index (χ2v) is 14.4. The van der Waals surface area contributed by atoms with Crippen molar-refractivity contribution in [3.63, 3.8) is 0 Å². The highest BCUT2D eigenvalue weighted by molar-refractivity contribution is 6.27. The Hall–Kier alpha value is -6.58. The number of aromatic nitrogens is 3. The summed E-state index contributed by atoms with van der Waals surface area (Å²) in [5.41, 5.74) is 12.4. The van der Waals surface area contributed by atoms with Crippen molar-refractivity contribution >= 4 is 70.5 Å². The summed E-state index contributed by atoms with van der Waals surface area (Å²) in [6, 6.07) is 57.9. The second kappa shape index (κ2) is 10.5. The Kier molecular flexibility index (Phi) is 5.67. The largest absolute Gasteiger partial charge is 0.308 e. The molecule has 0 radical (unpaired) electrons. The molecule has 12 rings (SSSR count). The fourth-order valence-corrected chi connectivity index (χ4v) is 9.41. The van der Waals surface area contributed by atoms with Crippen molar-refractivity contribution in [1.29, 1.82) is 0 Å². The van der Waals surface area contributed by atoms with Gasteiger partial charge in [-0.05, 0) is 93.0 Å². The predicted molar refractivity (Wildman–Crippen MR) is 217 cm³/mol. The van der Waals surface area contributed by atoms with Crippen molar-refractivity contribution in [2.45, 2.75) is 18.8 Å². The number of nitrogens with zero attached hydrogens (tertiary/aromatic N) is 3. The summed E-state index contributed by atoms with van der Waals surface area (Å²) >= 11 is 0. The van der Waals surface area contributed by atoms with Crippen LogP contribution in [0.2, 0.25) is 0 Å². The van der Waals surface area contributed by atoms with E-state index in [-0.39, 0.29) is 5.92 Å². The van der Waals surface area contributed by atoms with Gasteiger partial charge in [0.25, 0.3) is 0 Å². The van der Waals surface area contributed by atoms with Gasteiger partial charge in [0.2, 0.25) is 0 Å². The molecule has 0 saturated heterocycles. The lowest BCUT2D eigenvalue weighted by Crippen LogP contribution is -2.08. The summed E-state index contributed by atoms with van der Waals surface area (Å²) in [7, 11) is 0. The average Bonchev–Trinajstić information content (AvgIpc) is 3.65. The smallest absolute Gasteiger partial charge is 0.160 e. The molecule has 52 heavy (non-hydrogen) atoms. The molecule has 0 bridgehead atoms. The van der Waals surface area contributed by atoms with Crippen molar-refractivity contribution < 1.29 is 0 Å². The Labute approximate surface area is 299 Å². The van der Waals surface area contributed by atoms with Crippen LogP contribution in [0.4, 0.5) is 0 Å². The minimum absolute atomic E-state index is 0.0468. The van der Waals surface area contributed by atoms with Gasteiger partial charge in [-0.2, -0.15) is 0 Å². The molecule has 1 atom stereocenters. The zero-order chi connectivity index (χ0) is 33.9. The van der Waals surface area contributed by atoms with E-state index in [9.17, 15) is 0 Å². The van der Waals surface area contributed by atoms with Gasteiger partial charge in [0.05, 0.1) is 27.8 Å². The maximum Gasteiger partial charge on any atom is 0.160 e. The molecule has 3 nitrogen and oxygen atoms in total. The molecule has 0 fully saturated rings. The van der Waals surface area contributed by atoms with Gasteiger partial charge >= 0.3 is 0 Å². The van der Waals surface area contributed by atoms with Crippen LogP contribution in [0, 0.1) is 0 Å². The molecule has 3 aromatic heterocycles. The van der Waals surface area contributed by atoms with Crippen LogP contribution in [-0.4, -0.2) is 14.4 Å². The first-order valence-electron chi connectivity index (χ1n) is 18.3. The maximum absolute atomic E-state index is 5.60. The minimum atomic E-state index is 0.0468. The number of benzene rings is 8. The molecule has 8 aromatic carbocycles. The van der Waals surface area contributed by atoms with Crippen LogP contribution in [0.1, 0.15) is 29.2 Å². The molecule has 1 unspecified atom stereocenters. The molecule has 242 valence electrons. The van der Waals surface area contributed by atoms with E-state index in [1.807, 2.05) is 0 Å². The van der Waals surface area contributed by atoms with Crippen molar-refractivity contribution in [3.8, 4) is 22.5 Å². The summed E-state index contributed by atoms with van der Waals surface area (Å²) in [4.78, 5) is 10.8. The standard InChI is InChI=1S/C49H31N3/c1-2-13-31-25-34(22-21-29(31)11-1)49-50-42-19-9-7-17-36(42)47(51-49)38-24-23-30-12-5-6-16-35(30)40-28-41-39-26-32-14-3-4-15-33(32)27-44(39)52-43-20-10-8-18-37(43)46(45(38)40)48(41)52/h1-22,25-28,38H,23-24H2. The number of hydrogen-bond acceptors (Lipinski definition) is 2. The van der Waals surface area contributed by atoms with Gasteiger partial charge in [0, 0.05) is 38.4 Å². The zero-order valence-corrected chi connectivity index (χ0v) is 28.3. The van der Waals surface area contributed by atoms with Crippen LogP contribution >= 0.6 is 0 Å². The Morgan fingerprint density at radius 3 is 2.10 bits per heavy atom. The van der Waals surface area contributed by atoms with Crippen molar-refractivity contribution in [3.05, 3.63) is 175 Å². The fourth-order valence-electron chi connectivity index (χ4n) is 9.41. The first-order valence-corrected chi connectivity index (χ1v) is 18.3. The molecule has 3 heteroatoms. The van der Waals surface area contributed by atoms with Crippen molar-refractivity contribution in [2.75, 3.05) is 0 Å². The Morgan fingerprint density at radius 2 is 1.21 bits per heavy atom. The summed E-state index contributed by atoms with van der Waals surface area (Å²) in [6.45, 7) is 0. The number of hydrogen-bond donors (Lipinski definition) is 0. The molecule has 1 aliphatic rings. The maximum atomic E-state index is 5.60. The molecule has 0 aliphatic heterocycles. The second-order valence-electron chi connectivity index (χ2n) is 14.4. The third-order valence-corrected chi connectivity index (χ3v) is 11.7. The number of rotatable bonds is 2. The SMILES string of the molecule is c1ccc2c(c1)CCC(c1nc(-c3ccc4ccccc4c3)nc3ccccc13)c1c-2cc2c3cc4ccccc4cc3n3c4ccccc4c1c23. The Bertz CT molecular complexity index is 3260. The molecule has 1 aliphatic carbocycles. The van der Waals surface area contributed by atoms with Crippen molar-refractivity contribution in [1.82, 2.24) is 14.4 Å². The monoisotopic (exact) mass is 661 g/mol. The van der Waals surface area contributed by atoms with Gasteiger partial charge in [0.15, 0.2) is 5.82 Å². The summed E-state index contributed by atoms with van der Waals surface area (Å²) in [6.07, 6.45) is 1.92. The van der Waals surface area contributed by atoms with E-state index >= 15 is 0 Å². The van der Waals surface area contributed by atoms with Crippen LogP contribution in [0.25, 0.3) is 93.1 Å². The third kappa shape index (κ3) is 3.85. The molecule has 0 N–H and O–H groups in total. The van der Waals surface area contributed by atoms with Crippen LogP contribution in [-0.2, 0) is 6.42 Å². The molecule has 11 aromatic rings. The number of fused-ring (bicyclic) bond motifs is 13. The van der Waals surface area contributed by atoms with Gasteiger partial charge in [-0.25, -0.2) is 9.97 Å². The van der Waals surface area contributed by atoms with E-state index < -0.39 is 0 Å². The first-order chi connectivity index (χ1) is 25.8. The molecule has 3 heterocycles. The lowest BCUT2D eigenvalue weighted by atomic mass is 9.83. The fraction of sp³-hybridized carbons (Fsp3) is 0.0612. The Balaban J connectivity index is 1.23. The normalized spacial score (nSPS) is 14.6. The van der Waals surface area contributed by atoms with Gasteiger partial charge < -0.3 is 4.40 Å². The van der Waals surface area contributed by atoms with E-state index in [0.29, 0.717) is 0 Å². The summed E-state index contributed by atoms with van der Waals surface area (Å²) in [5.74, 6) is 0.826. The molecule has 0 spiro atoms. The van der Waals surface area contributed by atoms with Crippen LogP contribution in [0.3, 0.4) is 0 Å². The van der Waals surface area contributed by atoms with Crippen LogP contribution in [0.5, 0.6) is 0 Å². The number of para-hydroxylation sites is 2. The average molecular weight is 662 g/mol. The van der Waals surface area contributed by atoms with Gasteiger partial charge in [-0.1, -0.05) is 121 Å². The molecular formula is C49H31N3. The zero-order valence-electron chi connectivity index (χ0n) is 28.3. The van der Waals surface area contributed by atoms with Gasteiger partial charge in [-0.15, -0.1) is 0 Å². The third-order valence-electron chi connectivity index (χ3n) is 11.7. The highest BCUT2D eigenvalue weighted by Crippen LogP contribution is 2.51. The van der Waals surface area contributed by atoms with E-state index in [1.54, 1.807) is 0 Å². The van der Waals surface area contributed by atoms with E-state index in [2.05, 4.69) is 162 Å². The first kappa shape index (κ1) is 28.2. The molecule has 0 amide bonds. The minimum Gasteiger partial charge on any atom is -0.308 e. The van der Waals surface area contributed by atoms with Gasteiger partial charge in [0.1, 0.15) is 0 Å². The quantitative estimate of drug-likeness (QED) is 0.185. The summed E-state index contributed by atoms with van der Waals surface area (Å²) < 4.78 is 2.54. The van der Waals surface area contributed by atoms with E-state index in [1.165, 1.54) is 81.9 Å². The highest BCUT2D eigenvalue weighted by Gasteiger charge is 2.32. The van der Waals surface area contributed by atoms with Crippen LogP contribution < -0.4 is 0 Å². The lowest BCUT2D eigenvalue weighted by Gasteiger charge is -2.22. The molecule has 0 saturated carbocycles. The van der Waals surface area contributed by atoms with E-state index in [0.717, 1.165) is 40.8 Å². The Morgan fingerprint density at radius 1 is 0.500 bits per heavy atom. The van der Waals surface area contributed by atoms with Crippen molar-refractivity contribution in [2.24, 2.45) is 0 Å². The lowest BCUT2D eigenvalue weighted by molar-refractivity contribution is 0.715. The topological polar surface area (TPSA) is 30.2 Å². The summed E-state index contributed by atoms with van der Waals surface area (Å²) in [5, 5.41) is 11.3. The number of aryl methyl sites for hydroxylation is 1. The highest BCUT2D eigenvalue weighted by atomic mass is 14.9. The van der Waals surface area contributed by atoms with E-state index in [4.69, 9.17) is 9.97 Å². The molecular weight excluding hydrogens is 631 g/mol. The van der Waals surface area contributed by atoms with Gasteiger partial charge in [-0.3, -0.25) is 0 Å². The predicted octanol–water partition coefficient (Wildman–Crippen LogP) is 12.5.